The molecule has 5 heterocycles. The second-order valence-electron chi connectivity index (χ2n) is 9.50. The van der Waals surface area contributed by atoms with Crippen LogP contribution in [0.15, 0.2) is 61.3 Å². The standard InChI is InChI=1S/C27H25N9O2/c1-38-26(37)34-11-7-27(6-9-28,8-12-34)35-18-21(15-31-35)24-17-32-36-22(16-30-25(36)33-24)14-19-4-5-23-20(13-19)3-2-10-29-23/h2-5,10,13,15-18H,6-8,11-12,14H2,1H3. The van der Waals surface area contributed by atoms with Crippen LogP contribution in [-0.4, -0.2) is 65.5 Å². The Bertz CT molecular complexity index is 1680. The Labute approximate surface area is 218 Å². The quantitative estimate of drug-likeness (QED) is 0.353. The molecule has 0 saturated carbocycles. The van der Waals surface area contributed by atoms with Crippen molar-refractivity contribution in [2.24, 2.45) is 0 Å². The lowest BCUT2D eigenvalue weighted by atomic mass is 9.85. The molecule has 0 aliphatic carbocycles. The highest BCUT2D eigenvalue weighted by Gasteiger charge is 2.38. The second kappa shape index (κ2) is 9.55. The van der Waals surface area contributed by atoms with Crippen LogP contribution in [0.2, 0.25) is 0 Å². The van der Waals surface area contributed by atoms with E-state index in [9.17, 15) is 10.1 Å². The molecule has 1 fully saturated rings. The van der Waals surface area contributed by atoms with Gasteiger partial charge in [0, 0.05) is 42.9 Å². The Morgan fingerprint density at radius 2 is 2.00 bits per heavy atom. The SMILES string of the molecule is COC(=O)N1CCC(CC#N)(n2cc(-c3cnn4c(Cc5ccc6ncccc6c5)cnc4n3)cn2)CC1. The lowest BCUT2D eigenvalue weighted by Crippen LogP contribution is -2.48. The average molecular weight is 508 g/mol. The molecule has 11 nitrogen and oxygen atoms in total. The third-order valence-electron chi connectivity index (χ3n) is 7.26. The van der Waals surface area contributed by atoms with Gasteiger partial charge in [-0.2, -0.15) is 15.5 Å². The van der Waals surface area contributed by atoms with Crippen LogP contribution in [0.25, 0.3) is 27.9 Å². The minimum absolute atomic E-state index is 0.294. The number of likely N-dealkylation sites (tertiary alicyclic amines) is 1. The number of rotatable bonds is 5. The fraction of sp³-hybridized carbons (Fsp3) is 0.296. The maximum absolute atomic E-state index is 11.9. The predicted molar refractivity (Wildman–Crippen MR) is 138 cm³/mol. The van der Waals surface area contributed by atoms with Gasteiger partial charge in [-0.3, -0.25) is 9.67 Å². The van der Waals surface area contributed by atoms with Gasteiger partial charge >= 0.3 is 6.09 Å². The zero-order valence-corrected chi connectivity index (χ0v) is 20.9. The lowest BCUT2D eigenvalue weighted by molar-refractivity contribution is 0.0774. The van der Waals surface area contributed by atoms with E-state index in [-0.39, 0.29) is 6.09 Å². The first-order chi connectivity index (χ1) is 18.6. The van der Waals surface area contributed by atoms with Gasteiger partial charge in [-0.1, -0.05) is 12.1 Å². The van der Waals surface area contributed by atoms with Crippen molar-refractivity contribution in [3.63, 3.8) is 0 Å². The van der Waals surface area contributed by atoms with Crippen molar-refractivity contribution in [2.75, 3.05) is 20.2 Å². The van der Waals surface area contributed by atoms with E-state index in [0.717, 1.165) is 27.7 Å². The monoisotopic (exact) mass is 507 g/mol. The molecular weight excluding hydrogens is 482 g/mol. The molecule has 0 spiro atoms. The van der Waals surface area contributed by atoms with Gasteiger partial charge in [0.25, 0.3) is 5.78 Å². The number of pyridine rings is 1. The summed E-state index contributed by atoms with van der Waals surface area (Å²) in [6, 6.07) is 12.5. The van der Waals surface area contributed by atoms with Crippen LogP contribution in [0.5, 0.6) is 0 Å². The highest BCUT2D eigenvalue weighted by molar-refractivity contribution is 5.79. The van der Waals surface area contributed by atoms with E-state index < -0.39 is 5.54 Å². The van der Waals surface area contributed by atoms with Gasteiger partial charge in [-0.15, -0.1) is 0 Å². The number of hydrogen-bond donors (Lipinski definition) is 0. The largest absolute Gasteiger partial charge is 0.453 e. The van der Waals surface area contributed by atoms with Crippen LogP contribution in [0.3, 0.4) is 0 Å². The van der Waals surface area contributed by atoms with E-state index in [1.165, 1.54) is 7.11 Å². The fourth-order valence-electron chi connectivity index (χ4n) is 5.11. The number of piperidine rings is 1. The molecule has 1 aliphatic rings. The van der Waals surface area contributed by atoms with Crippen LogP contribution in [0.4, 0.5) is 4.79 Å². The zero-order chi connectivity index (χ0) is 26.1. The third-order valence-corrected chi connectivity index (χ3v) is 7.26. The Balaban J connectivity index is 1.24. The van der Waals surface area contributed by atoms with E-state index in [4.69, 9.17) is 9.72 Å². The molecule has 5 aromatic rings. The summed E-state index contributed by atoms with van der Waals surface area (Å²) >= 11 is 0. The highest BCUT2D eigenvalue weighted by atomic mass is 16.5. The topological polar surface area (TPSA) is 127 Å². The molecule has 1 aromatic carbocycles. The summed E-state index contributed by atoms with van der Waals surface area (Å²) in [4.78, 5) is 27.2. The summed E-state index contributed by atoms with van der Waals surface area (Å²) in [5.74, 6) is 0.505. The van der Waals surface area contributed by atoms with Gasteiger partial charge in [0.15, 0.2) is 0 Å². The van der Waals surface area contributed by atoms with Crippen molar-refractivity contribution in [2.45, 2.75) is 31.2 Å². The molecule has 1 amide bonds. The van der Waals surface area contributed by atoms with E-state index in [2.05, 4.69) is 44.4 Å². The number of imidazole rings is 1. The van der Waals surface area contributed by atoms with Crippen LogP contribution in [0, 0.1) is 11.3 Å². The first-order valence-corrected chi connectivity index (χ1v) is 12.4. The summed E-state index contributed by atoms with van der Waals surface area (Å²) in [5.41, 5.74) is 3.98. The van der Waals surface area contributed by atoms with Crippen LogP contribution >= 0.6 is 0 Å². The molecule has 0 unspecified atom stereocenters. The molecule has 0 N–H and O–H groups in total. The van der Waals surface area contributed by atoms with Crippen molar-refractivity contribution in [3.05, 3.63) is 72.6 Å². The van der Waals surface area contributed by atoms with Gasteiger partial charge < -0.3 is 9.64 Å². The number of ether oxygens (including phenoxy) is 1. The highest BCUT2D eigenvalue weighted by Crippen LogP contribution is 2.34. The van der Waals surface area contributed by atoms with Crippen molar-refractivity contribution < 1.29 is 9.53 Å². The van der Waals surface area contributed by atoms with Crippen molar-refractivity contribution in [1.82, 2.24) is 39.2 Å². The maximum atomic E-state index is 11.9. The molecule has 4 aromatic heterocycles. The van der Waals surface area contributed by atoms with Crippen molar-refractivity contribution >= 4 is 22.8 Å². The average Bonchev–Trinajstić information content (AvgIpc) is 3.61. The number of carbonyl (C=O) groups is 1. The Morgan fingerprint density at radius 1 is 1.13 bits per heavy atom. The first-order valence-electron chi connectivity index (χ1n) is 12.4. The zero-order valence-electron chi connectivity index (χ0n) is 20.9. The number of nitriles is 1. The minimum atomic E-state index is -0.495. The first kappa shape index (κ1) is 23.5. The molecule has 0 bridgehead atoms. The molecule has 190 valence electrons. The Morgan fingerprint density at radius 3 is 2.82 bits per heavy atom. The molecule has 1 aliphatic heterocycles. The second-order valence-corrected chi connectivity index (χ2v) is 9.50. The summed E-state index contributed by atoms with van der Waals surface area (Å²) in [7, 11) is 1.38. The summed E-state index contributed by atoms with van der Waals surface area (Å²) in [6.45, 7) is 1.000. The number of amides is 1. The van der Waals surface area contributed by atoms with Gasteiger partial charge in [0.1, 0.15) is 0 Å². The number of fused-ring (bicyclic) bond motifs is 2. The molecule has 0 radical (unpaired) electrons. The van der Waals surface area contributed by atoms with Crippen molar-refractivity contribution in [1.29, 1.82) is 5.26 Å². The molecule has 11 heteroatoms. The van der Waals surface area contributed by atoms with E-state index >= 15 is 0 Å². The van der Waals surface area contributed by atoms with Gasteiger partial charge in [-0.05, 0) is 36.6 Å². The van der Waals surface area contributed by atoms with E-state index in [0.29, 0.717) is 50.2 Å². The molecular formula is C27H25N9O2. The van der Waals surface area contributed by atoms with Gasteiger partial charge in [0.05, 0.1) is 60.6 Å². The number of hydrogen-bond acceptors (Lipinski definition) is 8. The summed E-state index contributed by atoms with van der Waals surface area (Å²) in [5, 5.41) is 19.8. The van der Waals surface area contributed by atoms with Crippen LogP contribution in [0.1, 0.15) is 30.5 Å². The summed E-state index contributed by atoms with van der Waals surface area (Å²) in [6.07, 6.45) is 10.8. The van der Waals surface area contributed by atoms with Gasteiger partial charge in [-0.25, -0.2) is 19.3 Å². The third kappa shape index (κ3) is 4.20. The van der Waals surface area contributed by atoms with E-state index in [1.54, 1.807) is 34.2 Å². The molecule has 0 atom stereocenters. The fourth-order valence-corrected chi connectivity index (χ4v) is 5.11. The van der Waals surface area contributed by atoms with Gasteiger partial charge in [0.2, 0.25) is 0 Å². The normalized spacial score (nSPS) is 15.0. The Kier molecular flexibility index (Phi) is 5.92. The van der Waals surface area contributed by atoms with Crippen LogP contribution in [-0.2, 0) is 16.7 Å². The smallest absolute Gasteiger partial charge is 0.409 e. The molecule has 1 saturated heterocycles. The number of carbonyl (C=O) groups excluding carboxylic acids is 1. The number of nitrogens with zero attached hydrogens (tertiary/aromatic N) is 9. The number of aromatic nitrogens is 7. The number of benzene rings is 1. The summed E-state index contributed by atoms with van der Waals surface area (Å²) < 4.78 is 8.44. The lowest BCUT2D eigenvalue weighted by Gasteiger charge is -2.40. The molecule has 6 rings (SSSR count). The van der Waals surface area contributed by atoms with E-state index in [1.807, 2.05) is 23.0 Å². The van der Waals surface area contributed by atoms with Crippen LogP contribution < -0.4 is 0 Å². The van der Waals surface area contributed by atoms with Crippen molar-refractivity contribution in [3.8, 4) is 17.3 Å². The Hall–Kier alpha value is -4.85. The number of methoxy groups -OCH3 is 1. The maximum Gasteiger partial charge on any atom is 0.409 e. The molecule has 38 heavy (non-hydrogen) atoms. The predicted octanol–water partition coefficient (Wildman–Crippen LogP) is 3.60. The minimum Gasteiger partial charge on any atom is -0.453 e.